The lowest BCUT2D eigenvalue weighted by molar-refractivity contribution is 0.0564. The lowest BCUT2D eigenvalue weighted by atomic mass is 9.80. The third kappa shape index (κ3) is 2.66. The van der Waals surface area contributed by atoms with Gasteiger partial charge in [-0.2, -0.15) is 0 Å². The molecule has 0 N–H and O–H groups in total. The number of furan rings is 1. The number of hydrogen-bond donors (Lipinski definition) is 0. The third-order valence-electron chi connectivity index (χ3n) is 5.48. The molecule has 1 amide bonds. The Hall–Kier alpha value is -3.22. The van der Waals surface area contributed by atoms with E-state index in [1.165, 1.54) is 12.6 Å². The second-order valence-electron chi connectivity index (χ2n) is 7.19. The van der Waals surface area contributed by atoms with Gasteiger partial charge in [-0.25, -0.2) is 9.97 Å². The van der Waals surface area contributed by atoms with Crippen molar-refractivity contribution in [3.8, 4) is 11.1 Å². The molecule has 27 heavy (non-hydrogen) atoms. The molecular formula is C20H18N4O3. The van der Waals surface area contributed by atoms with Gasteiger partial charge in [0.25, 0.3) is 11.5 Å². The van der Waals surface area contributed by atoms with Crippen molar-refractivity contribution in [2.24, 2.45) is 5.92 Å². The Bertz CT molecular complexity index is 1040. The molecule has 1 fully saturated rings. The number of hydrogen-bond acceptors (Lipinski definition) is 5. The van der Waals surface area contributed by atoms with Crippen LogP contribution in [-0.4, -0.2) is 38.4 Å². The van der Waals surface area contributed by atoms with Gasteiger partial charge in [0.2, 0.25) is 0 Å². The smallest absolute Gasteiger partial charge is 0.289 e. The van der Waals surface area contributed by atoms with Crippen molar-refractivity contribution in [2.45, 2.75) is 18.9 Å². The number of pyridine rings is 1. The molecule has 5 heterocycles. The molecule has 0 saturated carbocycles. The minimum absolute atomic E-state index is 0.00566. The molecule has 3 aromatic rings. The summed E-state index contributed by atoms with van der Waals surface area (Å²) >= 11 is 0. The molecule has 1 saturated heterocycles. The highest BCUT2D eigenvalue weighted by Crippen LogP contribution is 2.39. The van der Waals surface area contributed by atoms with E-state index in [4.69, 9.17) is 4.42 Å². The minimum Gasteiger partial charge on any atom is -0.459 e. The number of carbonyl (C=O) groups is 1. The van der Waals surface area contributed by atoms with Gasteiger partial charge in [-0.05, 0) is 30.5 Å². The van der Waals surface area contributed by atoms with E-state index in [9.17, 15) is 9.59 Å². The van der Waals surface area contributed by atoms with Gasteiger partial charge in [-0.3, -0.25) is 9.59 Å². The molecule has 0 aliphatic carbocycles. The lowest BCUT2D eigenvalue weighted by Crippen LogP contribution is -2.49. The average molecular weight is 362 g/mol. The number of rotatable bonds is 2. The van der Waals surface area contributed by atoms with E-state index in [1.807, 2.05) is 15.5 Å². The molecule has 0 unspecified atom stereocenters. The summed E-state index contributed by atoms with van der Waals surface area (Å²) in [6.45, 7) is 1.83. The summed E-state index contributed by atoms with van der Waals surface area (Å²) in [6, 6.07) is 6.87. The number of likely N-dealkylation sites (tertiary alicyclic amines) is 1. The van der Waals surface area contributed by atoms with Gasteiger partial charge >= 0.3 is 0 Å². The topological polar surface area (TPSA) is 81.2 Å². The summed E-state index contributed by atoms with van der Waals surface area (Å²) in [5, 5.41) is 0. The van der Waals surface area contributed by atoms with Crippen molar-refractivity contribution >= 4 is 5.91 Å². The Morgan fingerprint density at radius 3 is 2.74 bits per heavy atom. The van der Waals surface area contributed by atoms with E-state index in [-0.39, 0.29) is 23.3 Å². The van der Waals surface area contributed by atoms with Crippen LogP contribution in [0.2, 0.25) is 0 Å². The molecule has 2 bridgehead atoms. The molecule has 3 aromatic heterocycles. The van der Waals surface area contributed by atoms with E-state index in [0.29, 0.717) is 25.4 Å². The Labute approximate surface area is 155 Å². The number of piperidine rings is 1. The van der Waals surface area contributed by atoms with Crippen molar-refractivity contribution in [2.75, 3.05) is 13.1 Å². The highest BCUT2D eigenvalue weighted by Gasteiger charge is 2.38. The van der Waals surface area contributed by atoms with Crippen molar-refractivity contribution in [3.05, 3.63) is 71.1 Å². The van der Waals surface area contributed by atoms with Crippen molar-refractivity contribution in [1.29, 1.82) is 0 Å². The van der Waals surface area contributed by atoms with Gasteiger partial charge < -0.3 is 13.9 Å². The summed E-state index contributed by atoms with van der Waals surface area (Å²) in [5.41, 5.74) is 2.83. The van der Waals surface area contributed by atoms with E-state index < -0.39 is 0 Å². The third-order valence-corrected chi connectivity index (χ3v) is 5.48. The van der Waals surface area contributed by atoms with E-state index in [2.05, 4.69) is 9.97 Å². The van der Waals surface area contributed by atoms with Crippen LogP contribution in [0.25, 0.3) is 11.1 Å². The Morgan fingerprint density at radius 1 is 1.11 bits per heavy atom. The number of aromatic nitrogens is 3. The second-order valence-corrected chi connectivity index (χ2v) is 7.19. The Morgan fingerprint density at radius 2 is 1.96 bits per heavy atom. The maximum Gasteiger partial charge on any atom is 0.289 e. The zero-order valence-electron chi connectivity index (χ0n) is 14.6. The predicted octanol–water partition coefficient (Wildman–Crippen LogP) is 2.16. The number of carbonyl (C=O) groups excluding carboxylic acids is 1. The van der Waals surface area contributed by atoms with Crippen LogP contribution in [0.1, 0.15) is 28.6 Å². The fraction of sp³-hybridized carbons (Fsp3) is 0.300. The molecule has 2 aliphatic rings. The van der Waals surface area contributed by atoms with E-state index in [0.717, 1.165) is 23.2 Å². The summed E-state index contributed by atoms with van der Waals surface area (Å²) in [4.78, 5) is 35.4. The first-order valence-corrected chi connectivity index (χ1v) is 9.02. The van der Waals surface area contributed by atoms with Crippen LogP contribution in [0.15, 0.2) is 58.5 Å². The number of nitrogens with zero attached hydrogens (tertiary/aromatic N) is 4. The first kappa shape index (κ1) is 16.0. The monoisotopic (exact) mass is 362 g/mol. The summed E-state index contributed by atoms with van der Waals surface area (Å²) in [7, 11) is 0. The average Bonchev–Trinajstić information content (AvgIpc) is 3.23. The molecule has 136 valence electrons. The van der Waals surface area contributed by atoms with Crippen LogP contribution in [0.3, 0.4) is 0 Å². The fourth-order valence-corrected chi connectivity index (χ4v) is 4.42. The molecule has 5 rings (SSSR count). The lowest BCUT2D eigenvalue weighted by Gasteiger charge is -2.43. The molecule has 7 nitrogen and oxygen atoms in total. The van der Waals surface area contributed by atoms with Gasteiger partial charge in [0.1, 0.15) is 6.33 Å². The van der Waals surface area contributed by atoms with Gasteiger partial charge in [0.05, 0.1) is 6.26 Å². The van der Waals surface area contributed by atoms with Gasteiger partial charge in [0, 0.05) is 60.8 Å². The van der Waals surface area contributed by atoms with Gasteiger partial charge in [-0.1, -0.05) is 0 Å². The van der Waals surface area contributed by atoms with Crippen LogP contribution in [-0.2, 0) is 6.54 Å². The quantitative estimate of drug-likeness (QED) is 0.698. The Balaban J connectivity index is 1.57. The fourth-order valence-electron chi connectivity index (χ4n) is 4.42. The first-order chi connectivity index (χ1) is 13.2. The SMILES string of the molecule is O=C(c1ccco1)N1C[C@@H]2C[C@H](C1)c1c(-c3cncnc3)ccc(=O)n1C2. The second kappa shape index (κ2) is 6.19. The van der Waals surface area contributed by atoms with E-state index >= 15 is 0 Å². The number of fused-ring (bicyclic) bond motifs is 4. The molecule has 2 aliphatic heterocycles. The number of amides is 1. The largest absolute Gasteiger partial charge is 0.459 e. The molecule has 2 atom stereocenters. The maximum absolute atomic E-state index is 12.8. The van der Waals surface area contributed by atoms with Gasteiger partial charge in [0.15, 0.2) is 5.76 Å². The molecule has 0 spiro atoms. The maximum atomic E-state index is 12.8. The van der Waals surface area contributed by atoms with Crippen LogP contribution in [0.5, 0.6) is 0 Å². The zero-order chi connectivity index (χ0) is 18.4. The molecular weight excluding hydrogens is 344 g/mol. The first-order valence-electron chi connectivity index (χ1n) is 9.02. The highest BCUT2D eigenvalue weighted by molar-refractivity contribution is 5.91. The predicted molar refractivity (Wildman–Crippen MR) is 97.2 cm³/mol. The summed E-state index contributed by atoms with van der Waals surface area (Å²) in [6.07, 6.45) is 7.49. The summed E-state index contributed by atoms with van der Waals surface area (Å²) < 4.78 is 7.16. The van der Waals surface area contributed by atoms with Crippen molar-refractivity contribution < 1.29 is 9.21 Å². The van der Waals surface area contributed by atoms with Crippen LogP contribution in [0, 0.1) is 5.92 Å². The summed E-state index contributed by atoms with van der Waals surface area (Å²) in [5.74, 6) is 0.624. The van der Waals surface area contributed by atoms with Crippen LogP contribution >= 0.6 is 0 Å². The zero-order valence-corrected chi connectivity index (χ0v) is 14.6. The van der Waals surface area contributed by atoms with Crippen molar-refractivity contribution in [1.82, 2.24) is 19.4 Å². The minimum atomic E-state index is -0.0916. The standard InChI is InChI=1S/C20H18N4O3/c25-18-4-3-16(15-7-21-12-22-8-15)19-14-6-13(10-24(18)19)9-23(11-14)20(26)17-2-1-5-27-17/h1-5,7-8,12-14H,6,9-11H2/t13-,14+/m0/s1. The van der Waals surface area contributed by atoms with Crippen LogP contribution in [0.4, 0.5) is 0 Å². The van der Waals surface area contributed by atoms with Crippen LogP contribution < -0.4 is 5.56 Å². The van der Waals surface area contributed by atoms with E-state index in [1.54, 1.807) is 30.6 Å². The molecule has 0 radical (unpaired) electrons. The molecule has 0 aromatic carbocycles. The Kier molecular flexibility index (Phi) is 3.67. The normalized spacial score (nSPS) is 21.0. The van der Waals surface area contributed by atoms with Gasteiger partial charge in [-0.15, -0.1) is 0 Å². The van der Waals surface area contributed by atoms with Crippen molar-refractivity contribution in [3.63, 3.8) is 0 Å². The molecule has 7 heteroatoms. The highest BCUT2D eigenvalue weighted by atomic mass is 16.3.